The molecule has 1 saturated heterocycles. The number of anilines is 1. The summed E-state index contributed by atoms with van der Waals surface area (Å²) in [5.74, 6) is -1.73. The molecule has 170 valence electrons. The summed E-state index contributed by atoms with van der Waals surface area (Å²) in [7, 11) is 0. The Kier molecular flexibility index (Phi) is 5.80. The lowest BCUT2D eigenvalue weighted by Gasteiger charge is -2.23. The number of aliphatic hydroxyl groups is 1. The van der Waals surface area contributed by atoms with E-state index in [1.54, 1.807) is 24.3 Å². The molecule has 1 amide bonds. The number of hydrogen-bond donors (Lipinski definition) is 1. The second kappa shape index (κ2) is 8.65. The van der Waals surface area contributed by atoms with Crippen LogP contribution < -0.4 is 4.90 Å². The van der Waals surface area contributed by atoms with Crippen LogP contribution in [0.2, 0.25) is 5.02 Å². The Bertz CT molecular complexity index is 1490. The van der Waals surface area contributed by atoms with Gasteiger partial charge in [0.05, 0.1) is 21.8 Å². The number of hydrogen-bond acceptors (Lipinski definition) is 5. The van der Waals surface area contributed by atoms with Crippen LogP contribution in [0, 0.1) is 13.8 Å². The van der Waals surface area contributed by atoms with Gasteiger partial charge in [-0.2, -0.15) is 0 Å². The number of aliphatic hydroxyl groups excluding tert-OH is 1. The third-order valence-corrected chi connectivity index (χ3v) is 7.55. The second-order valence-corrected chi connectivity index (χ2v) is 10.5. The van der Waals surface area contributed by atoms with Crippen molar-refractivity contribution in [2.75, 3.05) is 4.90 Å². The Morgan fingerprint density at radius 1 is 1.06 bits per heavy atom. The fourth-order valence-electron chi connectivity index (χ4n) is 4.22. The number of nitrogens with zero attached hydrogens (tertiary/aromatic N) is 2. The maximum Gasteiger partial charge on any atom is 0.301 e. The molecule has 5 rings (SSSR count). The number of thiazole rings is 1. The molecule has 0 radical (unpaired) electrons. The molecule has 2 heterocycles. The Balaban J connectivity index is 1.74. The van der Waals surface area contributed by atoms with Gasteiger partial charge in [0.1, 0.15) is 5.76 Å². The molecule has 4 aromatic rings. The van der Waals surface area contributed by atoms with Gasteiger partial charge in [-0.05, 0) is 73.0 Å². The van der Waals surface area contributed by atoms with Crippen molar-refractivity contribution in [2.45, 2.75) is 19.9 Å². The molecule has 0 saturated carbocycles. The van der Waals surface area contributed by atoms with Crippen LogP contribution >= 0.6 is 38.9 Å². The highest BCUT2D eigenvalue weighted by atomic mass is 79.9. The number of aryl methyl sites for hydroxylation is 2. The number of aromatic nitrogens is 1. The first-order chi connectivity index (χ1) is 16.2. The van der Waals surface area contributed by atoms with Crippen molar-refractivity contribution in [2.24, 2.45) is 0 Å². The van der Waals surface area contributed by atoms with Crippen LogP contribution in [0.1, 0.15) is 28.3 Å². The highest BCUT2D eigenvalue weighted by Crippen LogP contribution is 2.45. The maximum atomic E-state index is 13.4. The number of halogens is 2. The van der Waals surface area contributed by atoms with Crippen LogP contribution in [0.25, 0.3) is 16.0 Å². The fourth-order valence-corrected chi connectivity index (χ4v) is 5.77. The average molecular weight is 554 g/mol. The molecule has 1 fully saturated rings. The van der Waals surface area contributed by atoms with Crippen molar-refractivity contribution < 1.29 is 14.7 Å². The van der Waals surface area contributed by atoms with E-state index < -0.39 is 17.7 Å². The van der Waals surface area contributed by atoms with Crippen LogP contribution in [0.15, 0.2) is 70.7 Å². The number of carbonyl (C=O) groups is 2. The van der Waals surface area contributed by atoms with Gasteiger partial charge in [-0.15, -0.1) is 0 Å². The molecule has 3 aromatic carbocycles. The first kappa shape index (κ1) is 22.8. The van der Waals surface area contributed by atoms with E-state index in [0.29, 0.717) is 21.3 Å². The number of ketones is 1. The molecular formula is C26H18BrClN2O3S. The summed E-state index contributed by atoms with van der Waals surface area (Å²) in [5, 5.41) is 12.1. The van der Waals surface area contributed by atoms with Crippen molar-refractivity contribution in [1.29, 1.82) is 0 Å². The third-order valence-electron chi connectivity index (χ3n) is 5.77. The van der Waals surface area contributed by atoms with E-state index >= 15 is 0 Å². The summed E-state index contributed by atoms with van der Waals surface area (Å²) in [6.45, 7) is 3.98. The van der Waals surface area contributed by atoms with Crippen LogP contribution in [-0.2, 0) is 9.59 Å². The average Bonchev–Trinajstić information content (AvgIpc) is 3.33. The smallest absolute Gasteiger partial charge is 0.301 e. The summed E-state index contributed by atoms with van der Waals surface area (Å²) in [5.41, 5.74) is 3.98. The van der Waals surface area contributed by atoms with Crippen LogP contribution in [-0.4, -0.2) is 21.8 Å². The fraction of sp³-hybridized carbons (Fsp3) is 0.115. The van der Waals surface area contributed by atoms with Gasteiger partial charge >= 0.3 is 5.91 Å². The van der Waals surface area contributed by atoms with Crippen LogP contribution in [0.5, 0.6) is 0 Å². The highest BCUT2D eigenvalue weighted by molar-refractivity contribution is 9.10. The predicted octanol–water partition coefficient (Wildman–Crippen LogP) is 6.96. The lowest BCUT2D eigenvalue weighted by atomic mass is 9.95. The third kappa shape index (κ3) is 3.83. The predicted molar refractivity (Wildman–Crippen MR) is 139 cm³/mol. The van der Waals surface area contributed by atoms with Gasteiger partial charge in [0, 0.05) is 15.1 Å². The summed E-state index contributed by atoms with van der Waals surface area (Å²) in [6.07, 6.45) is 0. The number of rotatable bonds is 3. The van der Waals surface area contributed by atoms with Gasteiger partial charge in [-0.25, -0.2) is 4.98 Å². The van der Waals surface area contributed by atoms with Crippen molar-refractivity contribution in [3.05, 3.63) is 98.0 Å². The Labute approximate surface area is 213 Å². The Hall–Kier alpha value is -3.00. The molecule has 0 spiro atoms. The molecule has 1 aromatic heterocycles. The van der Waals surface area contributed by atoms with Gasteiger partial charge in [-0.1, -0.05) is 57.1 Å². The number of amides is 1. The van der Waals surface area contributed by atoms with Gasteiger partial charge < -0.3 is 5.11 Å². The monoisotopic (exact) mass is 552 g/mol. The van der Waals surface area contributed by atoms with E-state index in [-0.39, 0.29) is 11.3 Å². The summed E-state index contributed by atoms with van der Waals surface area (Å²) in [6, 6.07) is 17.0. The normalized spacial score (nSPS) is 17.6. The molecule has 1 aliphatic heterocycles. The van der Waals surface area contributed by atoms with Gasteiger partial charge in [0.15, 0.2) is 5.13 Å². The van der Waals surface area contributed by atoms with Crippen molar-refractivity contribution in [3.8, 4) is 0 Å². The molecule has 0 aliphatic carbocycles. The highest BCUT2D eigenvalue weighted by Gasteiger charge is 2.48. The Morgan fingerprint density at radius 3 is 2.41 bits per heavy atom. The maximum absolute atomic E-state index is 13.4. The first-order valence-corrected chi connectivity index (χ1v) is 12.4. The molecule has 8 heteroatoms. The number of carbonyl (C=O) groups excluding carboxylic acids is 2. The zero-order valence-electron chi connectivity index (χ0n) is 18.2. The largest absolute Gasteiger partial charge is 0.507 e. The van der Waals surface area contributed by atoms with E-state index in [9.17, 15) is 14.7 Å². The van der Waals surface area contributed by atoms with E-state index in [1.165, 1.54) is 16.2 Å². The van der Waals surface area contributed by atoms with Gasteiger partial charge in [0.2, 0.25) is 0 Å². The molecule has 0 unspecified atom stereocenters. The van der Waals surface area contributed by atoms with Crippen molar-refractivity contribution in [3.63, 3.8) is 0 Å². The summed E-state index contributed by atoms with van der Waals surface area (Å²) >= 11 is 10.8. The van der Waals surface area contributed by atoms with Crippen molar-refractivity contribution >= 4 is 71.7 Å². The minimum Gasteiger partial charge on any atom is -0.507 e. The molecule has 1 atom stereocenters. The zero-order chi connectivity index (χ0) is 24.1. The SMILES string of the molecule is Cc1cc(C)c2nc(N3C(=O)C(=O)/C(=C(/O)c4ccc(Cl)cc4)[C@@H]3c3ccc(Br)cc3)sc2c1. The first-order valence-electron chi connectivity index (χ1n) is 10.4. The molecule has 1 N–H and O–H groups in total. The number of fused-ring (bicyclic) bond motifs is 1. The standard InChI is InChI=1S/C26H18BrClN2O3S/c1-13-11-14(2)21-19(12-13)34-26(29-21)30-22(15-3-7-17(27)8-4-15)20(24(32)25(30)33)23(31)16-5-9-18(28)10-6-16/h3-12,22,31H,1-2H3/b23-20+/t22-/m0/s1. The van der Waals surface area contributed by atoms with E-state index in [0.717, 1.165) is 25.8 Å². The van der Waals surface area contributed by atoms with Gasteiger partial charge in [-0.3, -0.25) is 14.5 Å². The van der Waals surface area contributed by atoms with Crippen molar-refractivity contribution in [1.82, 2.24) is 4.98 Å². The van der Waals surface area contributed by atoms with E-state index in [4.69, 9.17) is 16.6 Å². The number of Topliss-reactive ketones (excluding diaryl/α,β-unsaturated/α-hetero) is 1. The van der Waals surface area contributed by atoms with Crippen LogP contribution in [0.4, 0.5) is 5.13 Å². The van der Waals surface area contributed by atoms with Gasteiger partial charge in [0.25, 0.3) is 5.78 Å². The molecular weight excluding hydrogens is 536 g/mol. The minimum atomic E-state index is -0.828. The minimum absolute atomic E-state index is 0.0156. The van der Waals surface area contributed by atoms with E-state index in [2.05, 4.69) is 15.9 Å². The number of benzene rings is 3. The molecule has 34 heavy (non-hydrogen) atoms. The summed E-state index contributed by atoms with van der Waals surface area (Å²) in [4.78, 5) is 32.8. The molecule has 0 bridgehead atoms. The topological polar surface area (TPSA) is 70.5 Å². The quantitative estimate of drug-likeness (QED) is 0.169. The lowest BCUT2D eigenvalue weighted by molar-refractivity contribution is -0.132. The Morgan fingerprint density at radius 2 is 1.74 bits per heavy atom. The lowest BCUT2D eigenvalue weighted by Crippen LogP contribution is -2.29. The zero-order valence-corrected chi connectivity index (χ0v) is 21.3. The second-order valence-electron chi connectivity index (χ2n) is 8.15. The molecule has 5 nitrogen and oxygen atoms in total. The summed E-state index contributed by atoms with van der Waals surface area (Å²) < 4.78 is 1.79. The van der Waals surface area contributed by atoms with Crippen LogP contribution in [0.3, 0.4) is 0 Å². The molecule has 1 aliphatic rings. The van der Waals surface area contributed by atoms with E-state index in [1.807, 2.05) is 50.2 Å².